The number of rotatable bonds is 5. The number of hydrogen-bond acceptors (Lipinski definition) is 3. The van der Waals surface area contributed by atoms with Crippen molar-refractivity contribution < 1.29 is 19.4 Å². The summed E-state index contributed by atoms with van der Waals surface area (Å²) >= 11 is 0. The fourth-order valence-electron chi connectivity index (χ4n) is 3.87. The number of aliphatic carboxylic acids is 1. The van der Waals surface area contributed by atoms with Crippen LogP contribution in [-0.2, 0) is 11.2 Å². The number of amides is 1. The van der Waals surface area contributed by atoms with Crippen LogP contribution in [0.25, 0.3) is 0 Å². The first kappa shape index (κ1) is 15.7. The molecule has 25 heavy (non-hydrogen) atoms. The molecule has 1 fully saturated rings. The molecule has 1 saturated carbocycles. The van der Waals surface area contributed by atoms with Crippen LogP contribution >= 0.6 is 0 Å². The first-order valence-corrected chi connectivity index (χ1v) is 8.47. The van der Waals surface area contributed by atoms with Gasteiger partial charge in [-0.05, 0) is 48.1 Å². The summed E-state index contributed by atoms with van der Waals surface area (Å²) in [6.07, 6.45) is 2.18. The Morgan fingerprint density at radius 1 is 1.16 bits per heavy atom. The highest BCUT2D eigenvalue weighted by Gasteiger charge is 2.53. The molecule has 1 amide bonds. The van der Waals surface area contributed by atoms with Crippen LogP contribution in [0.15, 0.2) is 48.5 Å². The molecule has 5 heteroatoms. The summed E-state index contributed by atoms with van der Waals surface area (Å²) in [5.74, 6) is 0.132. The topological polar surface area (TPSA) is 75.6 Å². The van der Waals surface area contributed by atoms with Crippen molar-refractivity contribution in [1.29, 1.82) is 0 Å². The molecule has 0 aliphatic heterocycles. The zero-order valence-electron chi connectivity index (χ0n) is 13.6. The lowest BCUT2D eigenvalue weighted by Gasteiger charge is -2.13. The number of fused-ring (bicyclic) bond motifs is 3. The van der Waals surface area contributed by atoms with Crippen molar-refractivity contribution in [2.24, 2.45) is 5.92 Å². The monoisotopic (exact) mass is 337 g/mol. The van der Waals surface area contributed by atoms with E-state index >= 15 is 0 Å². The summed E-state index contributed by atoms with van der Waals surface area (Å²) in [5.41, 5.74) is 3.24. The highest BCUT2D eigenvalue weighted by Crippen LogP contribution is 2.54. The van der Waals surface area contributed by atoms with Crippen LogP contribution in [-0.4, -0.2) is 29.6 Å². The predicted molar refractivity (Wildman–Crippen MR) is 91.8 cm³/mol. The minimum atomic E-state index is -1.05. The second kappa shape index (κ2) is 6.24. The van der Waals surface area contributed by atoms with Gasteiger partial charge in [-0.25, -0.2) is 4.79 Å². The Morgan fingerprint density at radius 3 is 2.84 bits per heavy atom. The average molecular weight is 337 g/mol. The molecule has 3 atom stereocenters. The fourth-order valence-corrected chi connectivity index (χ4v) is 3.87. The fraction of sp³-hybridized carbons (Fsp3) is 0.300. The van der Waals surface area contributed by atoms with E-state index in [4.69, 9.17) is 9.84 Å². The molecule has 2 aliphatic carbocycles. The van der Waals surface area contributed by atoms with Gasteiger partial charge in [-0.1, -0.05) is 30.3 Å². The van der Waals surface area contributed by atoms with Gasteiger partial charge in [0.15, 0.2) is 6.61 Å². The van der Waals surface area contributed by atoms with Crippen LogP contribution in [0.2, 0.25) is 0 Å². The highest BCUT2D eigenvalue weighted by molar-refractivity contribution is 5.95. The normalized spacial score (nSPS) is 23.1. The van der Waals surface area contributed by atoms with Gasteiger partial charge in [0.2, 0.25) is 0 Å². The van der Waals surface area contributed by atoms with Crippen molar-refractivity contribution in [3.63, 3.8) is 0 Å². The third-order valence-electron chi connectivity index (χ3n) is 5.09. The van der Waals surface area contributed by atoms with Crippen LogP contribution in [0.1, 0.15) is 33.8 Å². The second-order valence-electron chi connectivity index (χ2n) is 6.64. The maximum atomic E-state index is 12.6. The summed E-state index contributed by atoms with van der Waals surface area (Å²) in [5, 5.41) is 11.8. The van der Waals surface area contributed by atoms with E-state index in [0.717, 1.165) is 12.8 Å². The Bertz CT molecular complexity index is 832. The quantitative estimate of drug-likeness (QED) is 0.879. The van der Waals surface area contributed by atoms with Crippen LogP contribution in [0, 0.1) is 5.92 Å². The predicted octanol–water partition coefficient (Wildman–Crippen LogP) is 2.61. The number of benzene rings is 2. The molecule has 128 valence electrons. The summed E-state index contributed by atoms with van der Waals surface area (Å²) < 4.78 is 5.14. The van der Waals surface area contributed by atoms with E-state index in [1.165, 1.54) is 11.1 Å². The SMILES string of the molecule is O=C(O)COc1cccc(C(=O)NC2C3CCc4ccccc4C32)c1. The van der Waals surface area contributed by atoms with Gasteiger partial charge in [-0.3, -0.25) is 4.79 Å². The molecule has 5 nitrogen and oxygen atoms in total. The number of aryl methyl sites for hydroxylation is 1. The molecule has 4 rings (SSSR count). The Labute approximate surface area is 145 Å². The number of nitrogens with one attached hydrogen (secondary N) is 1. The van der Waals surface area contributed by atoms with Crippen molar-refractivity contribution in [3.8, 4) is 5.75 Å². The van der Waals surface area contributed by atoms with Crippen molar-refractivity contribution in [1.82, 2.24) is 5.32 Å². The standard InChI is InChI=1S/C20H19NO4/c22-17(23)11-25-14-6-3-5-13(10-14)20(24)21-19-16-9-8-12-4-1-2-7-15(12)18(16)19/h1-7,10,16,18-19H,8-9,11H2,(H,21,24)(H,22,23). The molecule has 0 heterocycles. The van der Waals surface area contributed by atoms with Gasteiger partial charge >= 0.3 is 5.97 Å². The zero-order chi connectivity index (χ0) is 17.4. The maximum Gasteiger partial charge on any atom is 0.341 e. The lowest BCUT2D eigenvalue weighted by molar-refractivity contribution is -0.139. The van der Waals surface area contributed by atoms with Gasteiger partial charge in [-0.15, -0.1) is 0 Å². The van der Waals surface area contributed by atoms with Crippen molar-refractivity contribution in [2.75, 3.05) is 6.61 Å². The van der Waals surface area contributed by atoms with E-state index in [9.17, 15) is 9.59 Å². The largest absolute Gasteiger partial charge is 0.482 e. The molecular formula is C20H19NO4. The summed E-state index contributed by atoms with van der Waals surface area (Å²) in [7, 11) is 0. The minimum Gasteiger partial charge on any atom is -0.482 e. The van der Waals surface area contributed by atoms with E-state index in [1.54, 1.807) is 24.3 Å². The Balaban J connectivity index is 1.44. The summed E-state index contributed by atoms with van der Waals surface area (Å²) in [6.45, 7) is -0.422. The molecule has 3 unspecified atom stereocenters. The number of hydrogen-bond donors (Lipinski definition) is 2. The van der Waals surface area contributed by atoms with E-state index in [-0.39, 0.29) is 11.9 Å². The molecule has 0 saturated heterocycles. The Hall–Kier alpha value is -2.82. The maximum absolute atomic E-state index is 12.6. The van der Waals surface area contributed by atoms with Gasteiger partial charge in [-0.2, -0.15) is 0 Å². The van der Waals surface area contributed by atoms with Gasteiger partial charge in [0.1, 0.15) is 5.75 Å². The molecule has 0 spiro atoms. The molecule has 0 bridgehead atoms. The Morgan fingerprint density at radius 2 is 2.00 bits per heavy atom. The number of carboxylic acid groups (broad SMARTS) is 1. The summed E-state index contributed by atoms with van der Waals surface area (Å²) in [6, 6.07) is 15.3. The van der Waals surface area contributed by atoms with Gasteiger partial charge in [0.05, 0.1) is 0 Å². The van der Waals surface area contributed by atoms with Crippen LogP contribution in [0.3, 0.4) is 0 Å². The third-order valence-corrected chi connectivity index (χ3v) is 5.09. The van der Waals surface area contributed by atoms with Crippen molar-refractivity contribution >= 4 is 11.9 Å². The van der Waals surface area contributed by atoms with Crippen LogP contribution in [0.4, 0.5) is 0 Å². The van der Waals surface area contributed by atoms with E-state index in [1.807, 2.05) is 0 Å². The molecule has 0 radical (unpaired) electrons. The van der Waals surface area contributed by atoms with Gasteiger partial charge in [0.25, 0.3) is 5.91 Å². The van der Waals surface area contributed by atoms with Crippen molar-refractivity contribution in [3.05, 3.63) is 65.2 Å². The molecule has 2 aromatic rings. The second-order valence-corrected chi connectivity index (χ2v) is 6.64. The molecular weight excluding hydrogens is 318 g/mol. The van der Waals surface area contributed by atoms with Crippen LogP contribution in [0.5, 0.6) is 5.75 Å². The first-order chi connectivity index (χ1) is 12.1. The van der Waals surface area contributed by atoms with Gasteiger partial charge in [0, 0.05) is 17.5 Å². The number of carbonyl (C=O) groups is 2. The number of carboxylic acids is 1. The minimum absolute atomic E-state index is 0.141. The molecule has 2 aromatic carbocycles. The summed E-state index contributed by atoms with van der Waals surface area (Å²) in [4.78, 5) is 23.1. The smallest absolute Gasteiger partial charge is 0.341 e. The van der Waals surface area contributed by atoms with E-state index in [0.29, 0.717) is 23.1 Å². The Kier molecular flexibility index (Phi) is 3.92. The number of ether oxygens (including phenoxy) is 1. The highest BCUT2D eigenvalue weighted by atomic mass is 16.5. The zero-order valence-corrected chi connectivity index (χ0v) is 13.6. The lowest BCUT2D eigenvalue weighted by Crippen LogP contribution is -2.27. The molecule has 0 aromatic heterocycles. The third kappa shape index (κ3) is 3.09. The first-order valence-electron chi connectivity index (χ1n) is 8.47. The number of carbonyl (C=O) groups excluding carboxylic acids is 1. The van der Waals surface area contributed by atoms with E-state index < -0.39 is 12.6 Å². The van der Waals surface area contributed by atoms with Crippen molar-refractivity contribution in [2.45, 2.75) is 24.8 Å². The van der Waals surface area contributed by atoms with Gasteiger partial charge < -0.3 is 15.2 Å². The average Bonchev–Trinajstić information content (AvgIpc) is 3.33. The van der Waals surface area contributed by atoms with Crippen LogP contribution < -0.4 is 10.1 Å². The van der Waals surface area contributed by atoms with E-state index in [2.05, 4.69) is 29.6 Å². The lowest BCUT2D eigenvalue weighted by atomic mass is 9.92. The molecule has 2 N–H and O–H groups in total. The molecule has 2 aliphatic rings.